The molecule has 3 nitrogen and oxygen atoms in total. The average Bonchev–Trinajstić information content (AvgIpc) is 2.47. The predicted molar refractivity (Wildman–Crippen MR) is 68.6 cm³/mol. The Kier molecular flexibility index (Phi) is 3.48. The van der Waals surface area contributed by atoms with E-state index < -0.39 is 11.6 Å². The number of halogens is 1. The van der Waals surface area contributed by atoms with Gasteiger partial charge in [0.2, 0.25) is 5.67 Å². The van der Waals surface area contributed by atoms with E-state index >= 15 is 0 Å². The van der Waals surface area contributed by atoms with Crippen molar-refractivity contribution in [3.8, 4) is 6.07 Å². The van der Waals surface area contributed by atoms with Crippen molar-refractivity contribution >= 4 is 11.5 Å². The van der Waals surface area contributed by atoms with Crippen molar-refractivity contribution in [2.75, 3.05) is 7.11 Å². The number of ether oxygens (including phenoxy) is 1. The molecule has 1 aliphatic rings. The molecule has 1 aromatic rings. The number of hydrogen-bond acceptors (Lipinski definition) is 3. The van der Waals surface area contributed by atoms with Gasteiger partial charge in [-0.25, -0.2) is 9.18 Å². The van der Waals surface area contributed by atoms with Crippen molar-refractivity contribution in [3.05, 3.63) is 53.6 Å². The highest BCUT2D eigenvalue weighted by atomic mass is 19.1. The van der Waals surface area contributed by atoms with Crippen molar-refractivity contribution in [3.63, 3.8) is 0 Å². The molecule has 0 bridgehead atoms. The van der Waals surface area contributed by atoms with E-state index in [0.717, 1.165) is 12.7 Å². The van der Waals surface area contributed by atoms with Gasteiger partial charge in [0, 0.05) is 6.42 Å². The average molecular weight is 257 g/mol. The third kappa shape index (κ3) is 2.27. The number of alkyl halides is 1. The van der Waals surface area contributed by atoms with Crippen LogP contribution in [0.25, 0.3) is 5.57 Å². The third-order valence-electron chi connectivity index (χ3n) is 3.09. The molecule has 1 atom stereocenters. The number of benzene rings is 1. The summed E-state index contributed by atoms with van der Waals surface area (Å²) in [6, 6.07) is 10.9. The van der Waals surface area contributed by atoms with Crippen molar-refractivity contribution < 1.29 is 13.9 Å². The lowest BCUT2D eigenvalue weighted by Crippen LogP contribution is -2.38. The summed E-state index contributed by atoms with van der Waals surface area (Å²) in [6.07, 6.45) is 2.81. The van der Waals surface area contributed by atoms with Gasteiger partial charge in [0.1, 0.15) is 0 Å². The second-order valence-corrected chi connectivity index (χ2v) is 4.22. The Labute approximate surface area is 110 Å². The molecular weight excluding hydrogens is 245 g/mol. The van der Waals surface area contributed by atoms with E-state index in [1.54, 1.807) is 12.1 Å². The van der Waals surface area contributed by atoms with Crippen LogP contribution < -0.4 is 0 Å². The molecule has 96 valence electrons. The number of hydrogen-bond donors (Lipinski definition) is 0. The number of rotatable bonds is 2. The summed E-state index contributed by atoms with van der Waals surface area (Å²) < 4.78 is 19.2. The molecule has 2 rings (SSSR count). The van der Waals surface area contributed by atoms with Gasteiger partial charge in [-0.15, -0.1) is 0 Å². The van der Waals surface area contributed by atoms with Gasteiger partial charge in [-0.1, -0.05) is 36.4 Å². The minimum Gasteiger partial charge on any atom is -0.466 e. The number of carbonyl (C=O) groups excluding carboxylic acids is 1. The summed E-state index contributed by atoms with van der Waals surface area (Å²) in [5.74, 6) is -1.04. The van der Waals surface area contributed by atoms with Crippen molar-refractivity contribution in [2.45, 2.75) is 12.1 Å². The Hall–Kier alpha value is -2.41. The van der Waals surface area contributed by atoms with Crippen LogP contribution in [0.2, 0.25) is 0 Å². The minimum absolute atomic E-state index is 0.191. The first kappa shape index (κ1) is 13.0. The maximum absolute atomic E-state index is 14.8. The van der Waals surface area contributed by atoms with Gasteiger partial charge < -0.3 is 4.74 Å². The normalized spacial score (nSPS) is 21.9. The standard InChI is InChI=1S/C15H12FNO2/c1-19-14(18)15(16)9-12(7-8-13(15)10-17)11-5-3-2-4-6-11/h2-8H,9H2,1H3. The van der Waals surface area contributed by atoms with Crippen LogP contribution in [0.1, 0.15) is 12.0 Å². The Bertz CT molecular complexity index is 598. The van der Waals surface area contributed by atoms with E-state index in [1.807, 2.05) is 30.3 Å². The number of nitriles is 1. The zero-order chi connectivity index (χ0) is 13.9. The minimum atomic E-state index is -2.40. The van der Waals surface area contributed by atoms with Gasteiger partial charge in [0.15, 0.2) is 0 Å². The molecular formula is C15H12FNO2. The molecule has 1 aromatic carbocycles. The van der Waals surface area contributed by atoms with E-state index in [4.69, 9.17) is 5.26 Å². The van der Waals surface area contributed by atoms with Crippen LogP contribution in [0, 0.1) is 11.3 Å². The SMILES string of the molecule is COC(=O)C1(F)CC(c2ccccc2)=CC=C1C#N. The smallest absolute Gasteiger partial charge is 0.349 e. The molecule has 0 aliphatic heterocycles. The Morgan fingerprint density at radius 3 is 2.63 bits per heavy atom. The molecule has 1 unspecified atom stereocenters. The van der Waals surface area contributed by atoms with E-state index in [1.165, 1.54) is 6.08 Å². The summed E-state index contributed by atoms with van der Waals surface area (Å²) >= 11 is 0. The van der Waals surface area contributed by atoms with E-state index in [0.29, 0.717) is 5.57 Å². The Balaban J connectivity index is 2.43. The van der Waals surface area contributed by atoms with Crippen LogP contribution in [0.4, 0.5) is 4.39 Å². The predicted octanol–water partition coefficient (Wildman–Crippen LogP) is 2.80. The highest BCUT2D eigenvalue weighted by Crippen LogP contribution is 2.38. The van der Waals surface area contributed by atoms with Crippen LogP contribution in [0.15, 0.2) is 48.1 Å². The summed E-state index contributed by atoms with van der Waals surface area (Å²) in [4.78, 5) is 11.6. The first-order chi connectivity index (χ1) is 9.11. The maximum Gasteiger partial charge on any atom is 0.349 e. The van der Waals surface area contributed by atoms with Crippen LogP contribution in [0.3, 0.4) is 0 Å². The van der Waals surface area contributed by atoms with Crippen molar-refractivity contribution in [1.82, 2.24) is 0 Å². The van der Waals surface area contributed by atoms with E-state index in [-0.39, 0.29) is 12.0 Å². The first-order valence-electron chi connectivity index (χ1n) is 5.76. The van der Waals surface area contributed by atoms with Crippen LogP contribution in [-0.2, 0) is 9.53 Å². The molecule has 0 spiro atoms. The van der Waals surface area contributed by atoms with E-state index in [9.17, 15) is 9.18 Å². The van der Waals surface area contributed by atoms with Crippen LogP contribution >= 0.6 is 0 Å². The molecule has 19 heavy (non-hydrogen) atoms. The number of nitrogens with zero attached hydrogens (tertiary/aromatic N) is 1. The van der Waals surface area contributed by atoms with Gasteiger partial charge in [-0.2, -0.15) is 5.26 Å². The Morgan fingerprint density at radius 1 is 1.37 bits per heavy atom. The fraction of sp³-hybridized carbons (Fsp3) is 0.200. The Morgan fingerprint density at radius 2 is 2.05 bits per heavy atom. The highest BCUT2D eigenvalue weighted by Gasteiger charge is 2.46. The summed E-state index contributed by atoms with van der Waals surface area (Å²) in [6.45, 7) is 0. The van der Waals surface area contributed by atoms with Crippen LogP contribution in [0.5, 0.6) is 0 Å². The first-order valence-corrected chi connectivity index (χ1v) is 5.76. The summed E-state index contributed by atoms with van der Waals surface area (Å²) in [5, 5.41) is 8.93. The molecule has 0 amide bonds. The molecule has 0 fully saturated rings. The van der Waals surface area contributed by atoms with Crippen LogP contribution in [-0.4, -0.2) is 18.7 Å². The third-order valence-corrected chi connectivity index (χ3v) is 3.09. The highest BCUT2D eigenvalue weighted by molar-refractivity contribution is 5.90. The number of allylic oxidation sites excluding steroid dienone is 3. The molecule has 0 heterocycles. The molecule has 1 aliphatic carbocycles. The van der Waals surface area contributed by atoms with Gasteiger partial charge in [0.05, 0.1) is 18.8 Å². The number of esters is 1. The molecule has 0 saturated heterocycles. The summed E-state index contributed by atoms with van der Waals surface area (Å²) in [7, 11) is 1.11. The molecule has 4 heteroatoms. The fourth-order valence-electron chi connectivity index (χ4n) is 2.05. The van der Waals surface area contributed by atoms with Crippen molar-refractivity contribution in [2.24, 2.45) is 0 Å². The quantitative estimate of drug-likeness (QED) is 0.765. The second kappa shape index (κ2) is 5.07. The monoisotopic (exact) mass is 257 g/mol. The summed E-state index contributed by atoms with van der Waals surface area (Å²) in [5.41, 5.74) is -1.14. The van der Waals surface area contributed by atoms with Gasteiger partial charge in [-0.05, 0) is 17.2 Å². The second-order valence-electron chi connectivity index (χ2n) is 4.22. The lowest BCUT2D eigenvalue weighted by Gasteiger charge is -2.26. The van der Waals surface area contributed by atoms with Crippen molar-refractivity contribution in [1.29, 1.82) is 5.26 Å². The molecule has 0 radical (unpaired) electrons. The number of carbonyl (C=O) groups is 1. The maximum atomic E-state index is 14.8. The lowest BCUT2D eigenvalue weighted by molar-refractivity contribution is -0.151. The topological polar surface area (TPSA) is 50.1 Å². The molecule has 0 N–H and O–H groups in total. The zero-order valence-corrected chi connectivity index (χ0v) is 10.4. The molecule has 0 aromatic heterocycles. The lowest BCUT2D eigenvalue weighted by atomic mass is 9.82. The fourth-order valence-corrected chi connectivity index (χ4v) is 2.05. The number of methoxy groups -OCH3 is 1. The van der Waals surface area contributed by atoms with Gasteiger partial charge in [0.25, 0.3) is 0 Å². The van der Waals surface area contributed by atoms with E-state index in [2.05, 4.69) is 4.74 Å². The zero-order valence-electron chi connectivity index (χ0n) is 10.4. The van der Waals surface area contributed by atoms with Gasteiger partial charge >= 0.3 is 5.97 Å². The van der Waals surface area contributed by atoms with Gasteiger partial charge in [-0.3, -0.25) is 0 Å². The molecule has 0 saturated carbocycles. The largest absolute Gasteiger partial charge is 0.466 e.